The molecule has 5 rings (SSSR count). The number of allylic oxidation sites excluding steroid dienone is 1. The van der Waals surface area contributed by atoms with E-state index in [0.29, 0.717) is 45.8 Å². The van der Waals surface area contributed by atoms with E-state index in [1.54, 1.807) is 0 Å². The lowest BCUT2D eigenvalue weighted by Gasteiger charge is -2.76. The highest BCUT2D eigenvalue weighted by molar-refractivity contribution is 5.70. The molecule has 0 aromatic rings. The average Bonchev–Trinajstić information content (AvgIpc) is 3.45. The van der Waals surface area contributed by atoms with Crippen LogP contribution in [0.1, 0.15) is 223 Å². The third kappa shape index (κ3) is 7.77. The Kier molecular flexibility index (Phi) is 13.6. The van der Waals surface area contributed by atoms with Gasteiger partial charge in [0.05, 0.1) is 12.5 Å². The number of hydrogen-bond donors (Lipinski definition) is 1. The normalized spacial score (nSPS) is 41.3. The lowest BCUT2D eigenvalue weighted by atomic mass is 9.29. The molecule has 0 heterocycles. The van der Waals surface area contributed by atoms with Gasteiger partial charge >= 0.3 is 5.97 Å². The average molecular weight is 723 g/mol. The zero-order valence-corrected chi connectivity index (χ0v) is 36.1. The lowest BCUT2D eigenvalue weighted by molar-refractivity contribution is -0.277. The Hall–Kier alpha value is -0.830. The van der Waals surface area contributed by atoms with Crippen molar-refractivity contribution in [2.75, 3.05) is 0 Å². The molecule has 11 unspecified atom stereocenters. The molecule has 3 heteroatoms. The van der Waals surface area contributed by atoms with Crippen molar-refractivity contribution in [3.8, 4) is 0 Å². The highest BCUT2D eigenvalue weighted by Crippen LogP contribution is 2.81. The van der Waals surface area contributed by atoms with Crippen LogP contribution in [-0.4, -0.2) is 23.3 Å². The number of ether oxygens (including phenoxy) is 1. The summed E-state index contributed by atoms with van der Waals surface area (Å²) in [7, 11) is 0. The Morgan fingerprint density at radius 3 is 1.85 bits per heavy atom. The largest absolute Gasteiger partial charge is 0.462 e. The first kappa shape index (κ1) is 42.3. The highest BCUT2D eigenvalue weighted by atomic mass is 16.5. The number of rotatable bonds is 18. The van der Waals surface area contributed by atoms with Crippen molar-refractivity contribution in [3.63, 3.8) is 0 Å². The molecule has 1 N–H and O–H groups in total. The highest BCUT2D eigenvalue weighted by Gasteiger charge is 2.74. The van der Waals surface area contributed by atoms with E-state index in [2.05, 4.69) is 68.9 Å². The molecule has 0 radical (unpaired) electrons. The zero-order valence-electron chi connectivity index (χ0n) is 36.1. The van der Waals surface area contributed by atoms with Gasteiger partial charge in [0.1, 0.15) is 6.10 Å². The first-order valence-corrected chi connectivity index (χ1v) is 23.0. The summed E-state index contributed by atoms with van der Waals surface area (Å²) >= 11 is 0. The molecule has 52 heavy (non-hydrogen) atoms. The van der Waals surface area contributed by atoms with Crippen LogP contribution in [0.3, 0.4) is 0 Å². The molecule has 11 atom stereocenters. The number of fused-ring (bicyclic) bond motifs is 7. The summed E-state index contributed by atoms with van der Waals surface area (Å²) in [5, 5.41) is 10.8. The van der Waals surface area contributed by atoms with Crippen LogP contribution in [0.5, 0.6) is 0 Å². The fourth-order valence-electron chi connectivity index (χ4n) is 15.2. The molecule has 0 amide bonds. The summed E-state index contributed by atoms with van der Waals surface area (Å²) in [6, 6.07) is 0. The fourth-order valence-corrected chi connectivity index (χ4v) is 15.2. The van der Waals surface area contributed by atoms with Crippen LogP contribution in [0.15, 0.2) is 12.2 Å². The van der Waals surface area contributed by atoms with Crippen LogP contribution in [0, 0.1) is 56.2 Å². The third-order valence-corrected chi connectivity index (χ3v) is 18.5. The van der Waals surface area contributed by atoms with E-state index in [9.17, 15) is 9.90 Å². The number of esters is 1. The van der Waals surface area contributed by atoms with Gasteiger partial charge in [0, 0.05) is 5.41 Å². The molecule has 5 aliphatic carbocycles. The van der Waals surface area contributed by atoms with Crippen molar-refractivity contribution in [3.05, 3.63) is 12.2 Å². The smallest absolute Gasteiger partial charge is 0.308 e. The molecule has 5 fully saturated rings. The van der Waals surface area contributed by atoms with Gasteiger partial charge in [0.2, 0.25) is 0 Å². The van der Waals surface area contributed by atoms with Crippen molar-refractivity contribution >= 4 is 5.97 Å². The Morgan fingerprint density at radius 1 is 0.692 bits per heavy atom. The summed E-state index contributed by atoms with van der Waals surface area (Å²) < 4.78 is 6.36. The van der Waals surface area contributed by atoms with Gasteiger partial charge < -0.3 is 9.84 Å². The molecule has 0 saturated heterocycles. The Morgan fingerprint density at radius 2 is 1.25 bits per heavy atom. The predicted molar refractivity (Wildman–Crippen MR) is 220 cm³/mol. The maximum atomic E-state index is 13.3. The molecular formula is C49H86O3. The summed E-state index contributed by atoms with van der Waals surface area (Å²) in [5.41, 5.74) is 3.11. The molecule has 0 spiro atoms. The van der Waals surface area contributed by atoms with E-state index < -0.39 is 6.10 Å². The minimum absolute atomic E-state index is 0.0550. The van der Waals surface area contributed by atoms with Gasteiger partial charge in [-0.05, 0) is 128 Å². The second-order valence-corrected chi connectivity index (χ2v) is 21.7. The number of unbranched alkanes of at least 4 members (excludes halogenated alkanes) is 12. The van der Waals surface area contributed by atoms with E-state index in [1.807, 2.05) is 0 Å². The van der Waals surface area contributed by atoms with Crippen molar-refractivity contribution in [1.82, 2.24) is 0 Å². The Labute approximate surface area is 323 Å². The number of aliphatic hydroxyl groups is 1. The van der Waals surface area contributed by atoms with Gasteiger partial charge in [-0.25, -0.2) is 0 Å². The van der Waals surface area contributed by atoms with Crippen molar-refractivity contribution in [2.24, 2.45) is 56.2 Å². The first-order valence-electron chi connectivity index (χ1n) is 23.0. The van der Waals surface area contributed by atoms with Crippen LogP contribution >= 0.6 is 0 Å². The maximum Gasteiger partial charge on any atom is 0.308 e. The Bertz CT molecular complexity index is 1200. The summed E-state index contributed by atoms with van der Waals surface area (Å²) in [5.74, 6) is 2.52. The zero-order chi connectivity index (χ0) is 38.0. The first-order chi connectivity index (χ1) is 24.5. The van der Waals surface area contributed by atoms with Crippen LogP contribution in [0.4, 0.5) is 0 Å². The molecular weight excluding hydrogens is 637 g/mol. The van der Waals surface area contributed by atoms with Gasteiger partial charge in [0.15, 0.2) is 0 Å². The van der Waals surface area contributed by atoms with E-state index in [4.69, 9.17) is 4.74 Å². The molecule has 3 nitrogen and oxygen atoms in total. The molecule has 0 bridgehead atoms. The molecule has 0 aliphatic heterocycles. The van der Waals surface area contributed by atoms with Gasteiger partial charge in [-0.15, -0.1) is 0 Å². The number of hydrogen-bond acceptors (Lipinski definition) is 3. The van der Waals surface area contributed by atoms with Gasteiger partial charge in [-0.3, -0.25) is 4.79 Å². The molecule has 0 aromatic carbocycles. The molecule has 0 aromatic heterocycles. The standard InChI is InChI=1S/C49H86O3/c1-11-12-13-14-15-16-17-18-19-20-21-22-23-24-37(50)35-42(51)52-41-28-30-46(7)39(44(41,4)5)26-31-47(8)40(46)27-32-48(9)43-38(36(2)3)25-29-45(43,6)33-34-49(47,48)10/h37-41,43,50H,2,11-35H2,1,3-10H3. The van der Waals surface area contributed by atoms with Gasteiger partial charge in [-0.2, -0.15) is 0 Å². The van der Waals surface area contributed by atoms with Gasteiger partial charge in [0.25, 0.3) is 0 Å². The molecule has 5 saturated carbocycles. The minimum atomic E-state index is -0.577. The van der Waals surface area contributed by atoms with Gasteiger partial charge in [-0.1, -0.05) is 151 Å². The van der Waals surface area contributed by atoms with Crippen LogP contribution in [0.25, 0.3) is 0 Å². The van der Waals surface area contributed by atoms with E-state index >= 15 is 0 Å². The quantitative estimate of drug-likeness (QED) is 0.0870. The topological polar surface area (TPSA) is 46.5 Å². The third-order valence-electron chi connectivity index (χ3n) is 18.5. The fraction of sp³-hybridized carbons (Fsp3) is 0.939. The molecule has 300 valence electrons. The maximum absolute atomic E-state index is 13.3. The summed E-state index contributed by atoms with van der Waals surface area (Å²) in [6.07, 6.45) is 30.2. The summed E-state index contributed by atoms with van der Waals surface area (Å²) in [4.78, 5) is 13.3. The molecule has 5 aliphatic rings. The Balaban J connectivity index is 1.10. The number of carbonyl (C=O) groups excluding carboxylic acids is 1. The van der Waals surface area contributed by atoms with Crippen LogP contribution < -0.4 is 0 Å². The number of aliphatic hydroxyl groups excluding tert-OH is 1. The SMILES string of the molecule is C=C(C)C1CCC2(C)CCC3(C)C(C)(CCC4C5(C)CCC(OC(=O)CC(O)CCCCCCCCCCCCCCC)C(C)(C)C5CCC43C)C12. The second-order valence-electron chi connectivity index (χ2n) is 21.7. The minimum Gasteiger partial charge on any atom is -0.462 e. The number of carbonyl (C=O) groups is 1. The van der Waals surface area contributed by atoms with E-state index in [1.165, 1.54) is 128 Å². The monoisotopic (exact) mass is 723 g/mol. The van der Waals surface area contributed by atoms with Crippen molar-refractivity contribution in [2.45, 2.75) is 235 Å². The summed E-state index contributed by atoms with van der Waals surface area (Å²) in [6.45, 7) is 27.5. The predicted octanol–water partition coefficient (Wildman–Crippen LogP) is 14.2. The van der Waals surface area contributed by atoms with Crippen LogP contribution in [-0.2, 0) is 9.53 Å². The van der Waals surface area contributed by atoms with Crippen LogP contribution in [0.2, 0.25) is 0 Å². The van der Waals surface area contributed by atoms with E-state index in [-0.39, 0.29) is 29.3 Å². The van der Waals surface area contributed by atoms with Crippen molar-refractivity contribution in [1.29, 1.82) is 0 Å². The van der Waals surface area contributed by atoms with Crippen molar-refractivity contribution < 1.29 is 14.6 Å². The van der Waals surface area contributed by atoms with E-state index in [0.717, 1.165) is 31.6 Å². The second kappa shape index (κ2) is 16.7. The lowest BCUT2D eigenvalue weighted by Crippen LogP contribution is -2.69.